The molecule has 0 radical (unpaired) electrons. The molecule has 0 aliphatic carbocycles. The molecule has 0 saturated heterocycles. The quantitative estimate of drug-likeness (QED) is 0.821. The minimum Gasteiger partial charge on any atom is -0.481 e. The number of hydrogen-bond donors (Lipinski definition) is 1. The van der Waals surface area contributed by atoms with E-state index in [1.807, 2.05) is 0 Å². The normalized spacial score (nSPS) is 12.7. The van der Waals surface area contributed by atoms with Crippen molar-refractivity contribution in [3.8, 4) is 11.5 Å². The van der Waals surface area contributed by atoms with Gasteiger partial charge < -0.3 is 9.84 Å². The van der Waals surface area contributed by atoms with Crippen molar-refractivity contribution in [1.82, 2.24) is 0 Å². The van der Waals surface area contributed by atoms with Gasteiger partial charge in [0.05, 0.1) is 20.9 Å². The molecule has 24 heavy (non-hydrogen) atoms. The number of benzene rings is 2. The van der Waals surface area contributed by atoms with Crippen molar-refractivity contribution in [3.05, 3.63) is 52.0 Å². The van der Waals surface area contributed by atoms with Gasteiger partial charge in [-0.05, 0) is 42.8 Å². The van der Waals surface area contributed by atoms with Gasteiger partial charge in [-0.1, -0.05) is 29.3 Å². The molecule has 128 valence electrons. The van der Waals surface area contributed by atoms with E-state index in [4.69, 9.17) is 33.0 Å². The first kappa shape index (κ1) is 18.6. The summed E-state index contributed by atoms with van der Waals surface area (Å²) in [5.74, 6) is -1.26. The topological polar surface area (TPSA) is 80.7 Å². The van der Waals surface area contributed by atoms with Crippen molar-refractivity contribution in [2.24, 2.45) is 0 Å². The van der Waals surface area contributed by atoms with Crippen LogP contribution in [-0.2, 0) is 14.6 Å². The van der Waals surface area contributed by atoms with Gasteiger partial charge >= 0.3 is 5.97 Å². The van der Waals surface area contributed by atoms with Crippen molar-refractivity contribution >= 4 is 39.0 Å². The maximum Gasteiger partial charge on any atom is 0.310 e. The van der Waals surface area contributed by atoms with Crippen LogP contribution >= 0.6 is 23.2 Å². The zero-order valence-corrected chi connectivity index (χ0v) is 15.1. The maximum atomic E-state index is 11.5. The summed E-state index contributed by atoms with van der Waals surface area (Å²) in [6, 6.07) is 8.72. The summed E-state index contributed by atoms with van der Waals surface area (Å²) < 4.78 is 28.7. The van der Waals surface area contributed by atoms with Crippen LogP contribution < -0.4 is 4.74 Å². The molecule has 5 nitrogen and oxygen atoms in total. The summed E-state index contributed by atoms with van der Waals surface area (Å²) in [5, 5.41) is 9.46. The Morgan fingerprint density at radius 3 is 2.29 bits per heavy atom. The lowest BCUT2D eigenvalue weighted by Gasteiger charge is -2.13. The number of ether oxygens (including phenoxy) is 1. The third kappa shape index (κ3) is 4.20. The molecule has 8 heteroatoms. The van der Waals surface area contributed by atoms with E-state index in [1.165, 1.54) is 30.3 Å². The zero-order valence-electron chi connectivity index (χ0n) is 12.8. The largest absolute Gasteiger partial charge is 0.481 e. The van der Waals surface area contributed by atoms with Crippen LogP contribution in [0.2, 0.25) is 10.0 Å². The smallest absolute Gasteiger partial charge is 0.310 e. The molecule has 0 aliphatic heterocycles. The molecule has 0 bridgehead atoms. The van der Waals surface area contributed by atoms with Gasteiger partial charge in [0.25, 0.3) is 0 Å². The van der Waals surface area contributed by atoms with E-state index in [1.54, 1.807) is 13.0 Å². The highest BCUT2D eigenvalue weighted by Gasteiger charge is 2.17. The summed E-state index contributed by atoms with van der Waals surface area (Å²) in [7, 11) is -3.38. The lowest BCUT2D eigenvalue weighted by molar-refractivity contribution is -0.138. The van der Waals surface area contributed by atoms with Crippen molar-refractivity contribution in [3.63, 3.8) is 0 Å². The Balaban J connectivity index is 2.38. The van der Waals surface area contributed by atoms with E-state index in [9.17, 15) is 13.2 Å². The summed E-state index contributed by atoms with van der Waals surface area (Å²) in [4.78, 5) is 11.2. The third-order valence-electron chi connectivity index (χ3n) is 3.38. The molecule has 0 spiro atoms. The van der Waals surface area contributed by atoms with Gasteiger partial charge in [-0.15, -0.1) is 0 Å². The van der Waals surface area contributed by atoms with Gasteiger partial charge in [-0.2, -0.15) is 0 Å². The predicted octanol–water partition coefficient (Wildman–Crippen LogP) is 4.38. The van der Waals surface area contributed by atoms with Crippen LogP contribution in [0.25, 0.3) is 0 Å². The standard InChI is InChI=1S/C16H14Cl2O5S/c1-9(16(19)20)10-3-5-12(17)15(7-10)23-14-6-4-11(8-13(14)18)24(2,21)22/h3-9H,1-2H3,(H,19,20). The van der Waals surface area contributed by atoms with Crippen LogP contribution in [0.1, 0.15) is 18.4 Å². The fraction of sp³-hybridized carbons (Fsp3) is 0.188. The Labute approximate surface area is 149 Å². The number of sulfone groups is 1. The van der Waals surface area contributed by atoms with Crippen LogP contribution in [0.5, 0.6) is 11.5 Å². The van der Waals surface area contributed by atoms with E-state index in [0.29, 0.717) is 5.56 Å². The second-order valence-electron chi connectivity index (χ2n) is 5.22. The van der Waals surface area contributed by atoms with E-state index in [-0.39, 0.29) is 26.4 Å². The van der Waals surface area contributed by atoms with Crippen molar-refractivity contribution in [2.75, 3.05) is 6.26 Å². The number of carboxylic acids is 1. The van der Waals surface area contributed by atoms with Gasteiger partial charge in [0.2, 0.25) is 0 Å². The zero-order chi connectivity index (χ0) is 18.1. The van der Waals surface area contributed by atoms with Crippen molar-refractivity contribution in [2.45, 2.75) is 17.7 Å². The molecule has 2 rings (SSSR count). The molecule has 0 saturated carbocycles. The number of halogens is 2. The average molecular weight is 389 g/mol. The molecule has 0 aromatic heterocycles. The molecule has 1 N–H and O–H groups in total. The minimum absolute atomic E-state index is 0.0687. The first-order valence-corrected chi connectivity index (χ1v) is 9.44. The molecule has 2 aromatic rings. The fourth-order valence-electron chi connectivity index (χ4n) is 1.92. The summed E-state index contributed by atoms with van der Waals surface area (Å²) >= 11 is 12.1. The van der Waals surface area contributed by atoms with Gasteiger partial charge in [0.15, 0.2) is 9.84 Å². The first-order valence-electron chi connectivity index (χ1n) is 6.79. The number of carboxylic acid groups (broad SMARTS) is 1. The van der Waals surface area contributed by atoms with Crippen LogP contribution in [0, 0.1) is 0 Å². The monoisotopic (exact) mass is 388 g/mol. The number of carbonyl (C=O) groups is 1. The molecule has 1 unspecified atom stereocenters. The van der Waals surface area contributed by atoms with Gasteiger partial charge in [0.1, 0.15) is 11.5 Å². The highest BCUT2D eigenvalue weighted by atomic mass is 35.5. The Hall–Kier alpha value is -1.76. The van der Waals surface area contributed by atoms with Crippen molar-refractivity contribution in [1.29, 1.82) is 0 Å². The Morgan fingerprint density at radius 2 is 1.75 bits per heavy atom. The number of hydrogen-bond acceptors (Lipinski definition) is 4. The van der Waals surface area contributed by atoms with E-state index < -0.39 is 21.7 Å². The number of aliphatic carboxylic acids is 1. The molecule has 0 heterocycles. The van der Waals surface area contributed by atoms with Crippen molar-refractivity contribution < 1.29 is 23.1 Å². The van der Waals surface area contributed by atoms with Gasteiger partial charge in [0, 0.05) is 6.26 Å². The maximum absolute atomic E-state index is 11.5. The van der Waals surface area contributed by atoms with Crippen LogP contribution in [-0.4, -0.2) is 25.7 Å². The third-order valence-corrected chi connectivity index (χ3v) is 5.09. The highest BCUT2D eigenvalue weighted by Crippen LogP contribution is 2.36. The average Bonchev–Trinajstić information content (AvgIpc) is 2.49. The summed E-state index contributed by atoms with van der Waals surface area (Å²) in [6.07, 6.45) is 1.08. The summed E-state index contributed by atoms with van der Waals surface area (Å²) in [5.41, 5.74) is 0.519. The molecular formula is C16H14Cl2O5S. The second-order valence-corrected chi connectivity index (χ2v) is 8.05. The lowest BCUT2D eigenvalue weighted by Crippen LogP contribution is -2.07. The van der Waals surface area contributed by atoms with Gasteiger partial charge in [-0.25, -0.2) is 8.42 Å². The molecule has 2 aromatic carbocycles. The SMILES string of the molecule is CC(C(=O)O)c1ccc(Cl)c(Oc2ccc(S(C)(=O)=O)cc2Cl)c1. The van der Waals surface area contributed by atoms with Crippen LogP contribution in [0.4, 0.5) is 0 Å². The molecule has 0 aliphatic rings. The first-order chi connectivity index (χ1) is 11.1. The minimum atomic E-state index is -3.38. The van der Waals surface area contributed by atoms with E-state index in [0.717, 1.165) is 6.26 Å². The Kier molecular flexibility index (Phi) is 5.42. The Bertz CT molecular complexity index is 893. The number of rotatable bonds is 5. The Morgan fingerprint density at radius 1 is 1.08 bits per heavy atom. The van der Waals surface area contributed by atoms with Crippen LogP contribution in [0.15, 0.2) is 41.3 Å². The molecule has 0 amide bonds. The lowest BCUT2D eigenvalue weighted by atomic mass is 10.0. The van der Waals surface area contributed by atoms with Crippen LogP contribution in [0.3, 0.4) is 0 Å². The predicted molar refractivity (Wildman–Crippen MR) is 92.1 cm³/mol. The highest BCUT2D eigenvalue weighted by molar-refractivity contribution is 7.90. The second kappa shape index (κ2) is 7.01. The fourth-order valence-corrected chi connectivity index (χ4v) is 3.01. The molecule has 0 fully saturated rings. The van der Waals surface area contributed by atoms with Gasteiger partial charge in [-0.3, -0.25) is 4.79 Å². The van der Waals surface area contributed by atoms with E-state index in [2.05, 4.69) is 0 Å². The summed E-state index contributed by atoms with van der Waals surface area (Å²) in [6.45, 7) is 1.54. The van der Waals surface area contributed by atoms with E-state index >= 15 is 0 Å². The molecular weight excluding hydrogens is 375 g/mol. The molecule has 1 atom stereocenters.